The zero-order chi connectivity index (χ0) is 21.9. The Bertz CT molecular complexity index is 838. The van der Waals surface area contributed by atoms with Gasteiger partial charge in [0.2, 0.25) is 5.91 Å². The fourth-order valence-electron chi connectivity index (χ4n) is 2.66. The predicted molar refractivity (Wildman–Crippen MR) is 113 cm³/mol. The number of rotatable bonds is 11. The highest BCUT2D eigenvalue weighted by Crippen LogP contribution is 2.28. The van der Waals surface area contributed by atoms with Gasteiger partial charge in [0.15, 0.2) is 11.5 Å². The predicted octanol–water partition coefficient (Wildman–Crippen LogP) is 3.35. The lowest BCUT2D eigenvalue weighted by atomic mass is 10.1. The number of ether oxygens (including phenoxy) is 2. The average Bonchev–Trinajstić information content (AvgIpc) is 2.72. The van der Waals surface area contributed by atoms with Crippen LogP contribution in [0.4, 0.5) is 4.39 Å². The number of hydrogen-bond donors (Lipinski definition) is 2. The Kier molecular flexibility index (Phi) is 9.12. The minimum absolute atomic E-state index is 0.156. The van der Waals surface area contributed by atoms with Gasteiger partial charge in [0.05, 0.1) is 20.1 Å². The van der Waals surface area contributed by atoms with Gasteiger partial charge in [-0.1, -0.05) is 26.0 Å². The highest BCUT2D eigenvalue weighted by molar-refractivity contribution is 5.94. The number of amides is 2. The molecule has 0 unspecified atom stereocenters. The third kappa shape index (κ3) is 7.73. The standard InChI is InChI=1S/C23H29FN2O4/c1-16(2)10-13-30-20-9-6-18(15-21(20)29-3)23(28)26-12-11-25-22(27)14-17-4-7-19(24)8-5-17/h4-9,15-16H,10-14H2,1-3H3,(H,25,27)(H,26,28). The summed E-state index contributed by atoms with van der Waals surface area (Å²) in [4.78, 5) is 24.3. The number of benzene rings is 2. The second kappa shape index (κ2) is 11.8. The highest BCUT2D eigenvalue weighted by Gasteiger charge is 2.11. The Morgan fingerprint density at radius 1 is 1.00 bits per heavy atom. The first-order valence-electron chi connectivity index (χ1n) is 9.99. The van der Waals surface area contributed by atoms with Gasteiger partial charge in [-0.05, 0) is 48.2 Å². The summed E-state index contributed by atoms with van der Waals surface area (Å²) < 4.78 is 23.9. The van der Waals surface area contributed by atoms with Crippen LogP contribution in [0.3, 0.4) is 0 Å². The number of carbonyl (C=O) groups is 2. The molecule has 7 heteroatoms. The summed E-state index contributed by atoms with van der Waals surface area (Å²) in [6.45, 7) is 5.40. The molecule has 2 amide bonds. The summed E-state index contributed by atoms with van der Waals surface area (Å²) in [6, 6.07) is 10.8. The van der Waals surface area contributed by atoms with Gasteiger partial charge in [0, 0.05) is 18.7 Å². The van der Waals surface area contributed by atoms with Crippen LogP contribution in [0.1, 0.15) is 36.2 Å². The molecule has 2 aromatic carbocycles. The Hall–Kier alpha value is -3.09. The first kappa shape index (κ1) is 23.2. The maximum absolute atomic E-state index is 12.9. The molecule has 0 saturated carbocycles. The van der Waals surface area contributed by atoms with Gasteiger partial charge in [-0.3, -0.25) is 9.59 Å². The van der Waals surface area contributed by atoms with Gasteiger partial charge in [-0.15, -0.1) is 0 Å². The molecule has 0 bridgehead atoms. The number of hydrogen-bond acceptors (Lipinski definition) is 4. The van der Waals surface area contributed by atoms with E-state index in [0.29, 0.717) is 36.1 Å². The lowest BCUT2D eigenvalue weighted by Crippen LogP contribution is -2.35. The van der Waals surface area contributed by atoms with Gasteiger partial charge in [0.1, 0.15) is 5.82 Å². The van der Waals surface area contributed by atoms with E-state index in [9.17, 15) is 14.0 Å². The van der Waals surface area contributed by atoms with Gasteiger partial charge >= 0.3 is 0 Å². The van der Waals surface area contributed by atoms with Crippen LogP contribution in [0, 0.1) is 11.7 Å². The van der Waals surface area contributed by atoms with Crippen LogP contribution in [0.15, 0.2) is 42.5 Å². The molecule has 30 heavy (non-hydrogen) atoms. The van der Waals surface area contributed by atoms with Crippen LogP contribution >= 0.6 is 0 Å². The van der Waals surface area contributed by atoms with E-state index in [2.05, 4.69) is 24.5 Å². The van der Waals surface area contributed by atoms with Crippen LogP contribution in [-0.2, 0) is 11.2 Å². The average molecular weight is 416 g/mol. The van der Waals surface area contributed by atoms with Crippen molar-refractivity contribution in [2.45, 2.75) is 26.7 Å². The van der Waals surface area contributed by atoms with E-state index in [4.69, 9.17) is 9.47 Å². The third-order valence-corrected chi connectivity index (χ3v) is 4.39. The quantitative estimate of drug-likeness (QED) is 0.551. The molecule has 6 nitrogen and oxygen atoms in total. The smallest absolute Gasteiger partial charge is 0.251 e. The fraction of sp³-hybridized carbons (Fsp3) is 0.391. The lowest BCUT2D eigenvalue weighted by Gasteiger charge is -2.13. The molecular formula is C23H29FN2O4. The Balaban J connectivity index is 1.77. The summed E-state index contributed by atoms with van der Waals surface area (Å²) in [6.07, 6.45) is 1.09. The molecule has 0 radical (unpaired) electrons. The molecule has 0 aliphatic carbocycles. The summed E-state index contributed by atoms with van der Waals surface area (Å²) >= 11 is 0. The monoisotopic (exact) mass is 416 g/mol. The third-order valence-electron chi connectivity index (χ3n) is 4.39. The number of nitrogens with one attached hydrogen (secondary N) is 2. The van der Waals surface area contributed by atoms with Crippen LogP contribution in [0.5, 0.6) is 11.5 Å². The maximum atomic E-state index is 12.9. The van der Waals surface area contributed by atoms with Crippen molar-refractivity contribution in [1.29, 1.82) is 0 Å². The lowest BCUT2D eigenvalue weighted by molar-refractivity contribution is -0.120. The van der Waals surface area contributed by atoms with Crippen molar-refractivity contribution in [2.24, 2.45) is 5.92 Å². The van der Waals surface area contributed by atoms with Crippen LogP contribution < -0.4 is 20.1 Å². The molecule has 0 spiro atoms. The first-order chi connectivity index (χ1) is 14.4. The minimum Gasteiger partial charge on any atom is -0.493 e. The van der Waals surface area contributed by atoms with E-state index in [1.54, 1.807) is 30.3 Å². The SMILES string of the molecule is COc1cc(C(=O)NCCNC(=O)Cc2ccc(F)cc2)ccc1OCCC(C)C. The van der Waals surface area contributed by atoms with E-state index < -0.39 is 0 Å². The molecule has 0 saturated heterocycles. The largest absolute Gasteiger partial charge is 0.493 e. The molecule has 2 aromatic rings. The van der Waals surface area contributed by atoms with E-state index in [0.717, 1.165) is 12.0 Å². The molecule has 0 aromatic heterocycles. The summed E-state index contributed by atoms with van der Waals surface area (Å²) in [7, 11) is 1.53. The zero-order valence-electron chi connectivity index (χ0n) is 17.7. The second-order valence-electron chi connectivity index (χ2n) is 7.31. The maximum Gasteiger partial charge on any atom is 0.251 e. The molecule has 0 fully saturated rings. The molecule has 2 N–H and O–H groups in total. The topological polar surface area (TPSA) is 76.7 Å². The molecule has 0 atom stereocenters. The summed E-state index contributed by atoms with van der Waals surface area (Å²) in [5.41, 5.74) is 1.17. The number of methoxy groups -OCH3 is 1. The zero-order valence-corrected chi connectivity index (χ0v) is 17.7. The van der Waals surface area contributed by atoms with Crippen molar-refractivity contribution < 1.29 is 23.5 Å². The first-order valence-corrected chi connectivity index (χ1v) is 9.99. The Morgan fingerprint density at radius 2 is 1.70 bits per heavy atom. The van der Waals surface area contributed by atoms with Gasteiger partial charge in [-0.2, -0.15) is 0 Å². The molecule has 0 aliphatic heterocycles. The van der Waals surface area contributed by atoms with Crippen molar-refractivity contribution >= 4 is 11.8 Å². The van der Waals surface area contributed by atoms with E-state index in [-0.39, 0.29) is 30.6 Å². The van der Waals surface area contributed by atoms with Gasteiger partial charge in [-0.25, -0.2) is 4.39 Å². The van der Waals surface area contributed by atoms with E-state index in [1.165, 1.54) is 19.2 Å². The molecule has 2 rings (SSSR count). The number of carbonyl (C=O) groups excluding carboxylic acids is 2. The van der Waals surface area contributed by atoms with Crippen molar-refractivity contribution in [3.63, 3.8) is 0 Å². The Morgan fingerprint density at radius 3 is 2.37 bits per heavy atom. The van der Waals surface area contributed by atoms with Crippen LogP contribution in [0.25, 0.3) is 0 Å². The molecular weight excluding hydrogens is 387 g/mol. The van der Waals surface area contributed by atoms with Crippen molar-refractivity contribution in [3.8, 4) is 11.5 Å². The summed E-state index contributed by atoms with van der Waals surface area (Å²) in [5.74, 6) is 0.836. The van der Waals surface area contributed by atoms with Crippen LogP contribution in [0.2, 0.25) is 0 Å². The molecule has 0 aliphatic rings. The van der Waals surface area contributed by atoms with E-state index >= 15 is 0 Å². The van der Waals surface area contributed by atoms with Crippen molar-refractivity contribution in [2.75, 3.05) is 26.8 Å². The van der Waals surface area contributed by atoms with E-state index in [1.807, 2.05) is 0 Å². The second-order valence-corrected chi connectivity index (χ2v) is 7.31. The highest BCUT2D eigenvalue weighted by atomic mass is 19.1. The minimum atomic E-state index is -0.339. The van der Waals surface area contributed by atoms with Gasteiger partial charge in [0.25, 0.3) is 5.91 Å². The summed E-state index contributed by atoms with van der Waals surface area (Å²) in [5, 5.41) is 5.48. The van der Waals surface area contributed by atoms with Crippen LogP contribution in [-0.4, -0.2) is 38.6 Å². The molecule has 0 heterocycles. The van der Waals surface area contributed by atoms with Crippen molar-refractivity contribution in [3.05, 3.63) is 59.4 Å². The van der Waals surface area contributed by atoms with Gasteiger partial charge < -0.3 is 20.1 Å². The Labute approximate surface area is 176 Å². The fourth-order valence-corrected chi connectivity index (χ4v) is 2.66. The number of halogens is 1. The normalized spacial score (nSPS) is 10.6. The van der Waals surface area contributed by atoms with Crippen molar-refractivity contribution in [1.82, 2.24) is 10.6 Å². The molecule has 162 valence electrons.